The Morgan fingerprint density at radius 2 is 1.35 bits per heavy atom. The fourth-order valence-electron chi connectivity index (χ4n) is 5.97. The molecule has 15 nitrogen and oxygen atoms in total. The zero-order valence-corrected chi connectivity index (χ0v) is 37.5. The molecule has 0 saturated heterocycles. The van der Waals surface area contributed by atoms with Crippen molar-refractivity contribution in [3.63, 3.8) is 0 Å². The van der Waals surface area contributed by atoms with Gasteiger partial charge in [0.2, 0.25) is 5.00 Å². The number of benzene rings is 1. The standard InChI is InChI=1S/C46H63N5O10S/c1-6-8-10-12-14-16-18-39(60-34-52)31-43(54)58-28-26-56-24-22-51(23-25-57-27-29-59-44(55)32-40(61-35-53)19-17-15-13-11-9-7-2)38-20-21-42(36(3)30-38)49-50-46-41(33-47)37(4)45(48-5)62-46/h14-17,20-21,30,34-35,39-40H,6-13,18-19,22-29,31-32H2,1-4H3/b16-14+,17-15+,50-49?. The summed E-state index contributed by atoms with van der Waals surface area (Å²) in [6, 6.07) is 7.77. The predicted molar refractivity (Wildman–Crippen MR) is 238 cm³/mol. The Morgan fingerprint density at radius 1 is 0.806 bits per heavy atom. The summed E-state index contributed by atoms with van der Waals surface area (Å²) in [4.78, 5) is 52.4. The molecule has 0 spiro atoms. The van der Waals surface area contributed by atoms with Crippen molar-refractivity contribution >= 4 is 57.6 Å². The Labute approximate surface area is 370 Å². The molecule has 0 amide bonds. The van der Waals surface area contributed by atoms with Gasteiger partial charge in [-0.25, -0.2) is 4.85 Å². The van der Waals surface area contributed by atoms with Crippen molar-refractivity contribution in [3.8, 4) is 6.07 Å². The van der Waals surface area contributed by atoms with E-state index in [9.17, 15) is 24.4 Å². The van der Waals surface area contributed by atoms with Gasteiger partial charge in [-0.3, -0.25) is 19.2 Å². The van der Waals surface area contributed by atoms with E-state index in [1.807, 2.05) is 49.4 Å². The first kappa shape index (κ1) is 52.7. The van der Waals surface area contributed by atoms with E-state index >= 15 is 0 Å². The first-order valence-corrected chi connectivity index (χ1v) is 22.2. The highest BCUT2D eigenvalue weighted by molar-refractivity contribution is 7.20. The first-order chi connectivity index (χ1) is 30.2. The fourth-order valence-corrected chi connectivity index (χ4v) is 6.84. The van der Waals surface area contributed by atoms with Crippen LogP contribution in [0.4, 0.5) is 21.4 Å². The molecule has 0 saturated carbocycles. The Morgan fingerprint density at radius 3 is 1.82 bits per heavy atom. The van der Waals surface area contributed by atoms with Crippen LogP contribution in [0.15, 0.2) is 52.7 Å². The number of ether oxygens (including phenoxy) is 6. The van der Waals surface area contributed by atoms with Gasteiger partial charge in [0.15, 0.2) is 0 Å². The van der Waals surface area contributed by atoms with Crippen molar-refractivity contribution in [1.29, 1.82) is 5.26 Å². The van der Waals surface area contributed by atoms with Crippen molar-refractivity contribution < 1.29 is 47.6 Å². The first-order valence-electron chi connectivity index (χ1n) is 21.3. The second-order valence-corrected chi connectivity index (χ2v) is 15.3. The van der Waals surface area contributed by atoms with Gasteiger partial charge in [0.25, 0.3) is 12.9 Å². The quantitative estimate of drug-likeness (QED) is 0.0122. The van der Waals surface area contributed by atoms with Crippen LogP contribution in [0.25, 0.3) is 4.85 Å². The molecule has 2 rings (SSSR count). The SMILES string of the molecule is [C-]#[N+]c1sc(N=Nc2ccc(N(CCOCCOC(=O)CC(C/C=C/CCCCC)OC=O)CCOCCOC(=O)CC(C/C=C/CCCCC)OC=O)cc2C)c(C#N)c1C. The van der Waals surface area contributed by atoms with Crippen molar-refractivity contribution in [2.24, 2.45) is 10.2 Å². The molecule has 1 aromatic heterocycles. The molecule has 0 aliphatic heterocycles. The normalized spacial score (nSPS) is 12.2. The summed E-state index contributed by atoms with van der Waals surface area (Å²) in [5.41, 5.74) is 3.20. The summed E-state index contributed by atoms with van der Waals surface area (Å²) < 4.78 is 32.5. The van der Waals surface area contributed by atoms with Gasteiger partial charge in [-0.15, -0.1) is 21.6 Å². The monoisotopic (exact) mass is 877 g/mol. The fraction of sp³-hybridized carbons (Fsp3) is 0.565. The minimum Gasteiger partial charge on any atom is -0.464 e. The highest BCUT2D eigenvalue weighted by atomic mass is 32.1. The zero-order chi connectivity index (χ0) is 45.2. The molecule has 338 valence electrons. The summed E-state index contributed by atoms with van der Waals surface area (Å²) in [5.74, 6) is -0.970. The zero-order valence-electron chi connectivity index (χ0n) is 36.7. The maximum atomic E-state index is 12.4. The summed E-state index contributed by atoms with van der Waals surface area (Å²) in [5, 5.41) is 19.1. The number of hydrogen-bond donors (Lipinski definition) is 0. The minimum absolute atomic E-state index is 0.0343. The number of unbranched alkanes of at least 4 members (excludes halogenated alkanes) is 6. The molecule has 0 fully saturated rings. The molecule has 62 heavy (non-hydrogen) atoms. The number of aryl methyl sites for hydroxylation is 1. The van der Waals surface area contributed by atoms with Crippen LogP contribution in [0.1, 0.15) is 108 Å². The third-order valence-electron chi connectivity index (χ3n) is 9.47. The number of nitrogens with zero attached hydrogens (tertiary/aromatic N) is 5. The summed E-state index contributed by atoms with van der Waals surface area (Å²) in [7, 11) is 0. The van der Waals surface area contributed by atoms with Gasteiger partial charge in [-0.2, -0.15) is 5.26 Å². The molecule has 0 radical (unpaired) electrons. The molecular weight excluding hydrogens is 815 g/mol. The van der Waals surface area contributed by atoms with Gasteiger partial charge in [0.05, 0.1) is 57.1 Å². The van der Waals surface area contributed by atoms with Crippen LogP contribution in [0.5, 0.6) is 0 Å². The number of hydrogen-bond acceptors (Lipinski definition) is 15. The van der Waals surface area contributed by atoms with Crippen LogP contribution in [0.3, 0.4) is 0 Å². The smallest absolute Gasteiger partial charge is 0.309 e. The van der Waals surface area contributed by atoms with E-state index in [-0.39, 0.29) is 39.3 Å². The van der Waals surface area contributed by atoms with Gasteiger partial charge in [-0.1, -0.05) is 63.8 Å². The lowest BCUT2D eigenvalue weighted by molar-refractivity contribution is -0.151. The number of anilines is 1. The average molecular weight is 878 g/mol. The Kier molecular flexibility index (Phi) is 28.3. The number of thiophene rings is 1. The molecule has 1 heterocycles. The van der Waals surface area contributed by atoms with Crippen LogP contribution in [0, 0.1) is 31.8 Å². The summed E-state index contributed by atoms with van der Waals surface area (Å²) >= 11 is 1.13. The third kappa shape index (κ3) is 21.9. The van der Waals surface area contributed by atoms with Crippen LogP contribution >= 0.6 is 11.3 Å². The van der Waals surface area contributed by atoms with Gasteiger partial charge in [0, 0.05) is 31.6 Å². The Balaban J connectivity index is 1.96. The van der Waals surface area contributed by atoms with Gasteiger partial charge in [-0.05, 0) is 68.9 Å². The Bertz CT molecular complexity index is 1750. The lowest BCUT2D eigenvalue weighted by Gasteiger charge is -2.25. The second kappa shape index (κ2) is 33.2. The van der Waals surface area contributed by atoms with E-state index in [1.165, 1.54) is 0 Å². The maximum Gasteiger partial charge on any atom is 0.309 e. The number of azo groups is 1. The van der Waals surface area contributed by atoms with E-state index in [0.717, 1.165) is 74.0 Å². The van der Waals surface area contributed by atoms with Crippen LogP contribution in [0.2, 0.25) is 0 Å². The van der Waals surface area contributed by atoms with E-state index in [0.29, 0.717) is 78.9 Å². The van der Waals surface area contributed by atoms with Crippen molar-refractivity contribution in [3.05, 3.63) is 70.6 Å². The van der Waals surface area contributed by atoms with E-state index in [2.05, 4.69) is 39.9 Å². The average Bonchev–Trinajstić information content (AvgIpc) is 3.57. The molecule has 0 bridgehead atoms. The number of carbonyl (C=O) groups excluding carboxylic acids is 4. The van der Waals surface area contributed by atoms with Gasteiger partial charge in [0.1, 0.15) is 36.5 Å². The van der Waals surface area contributed by atoms with E-state index in [1.54, 1.807) is 6.92 Å². The van der Waals surface area contributed by atoms with E-state index < -0.39 is 24.1 Å². The number of allylic oxidation sites excluding steroid dienone is 2. The number of esters is 2. The molecule has 0 N–H and O–H groups in total. The minimum atomic E-state index is -0.595. The molecule has 0 aliphatic carbocycles. The molecule has 2 aromatic rings. The third-order valence-corrected chi connectivity index (χ3v) is 10.5. The van der Waals surface area contributed by atoms with Crippen molar-refractivity contribution in [2.75, 3.05) is 57.6 Å². The predicted octanol–water partition coefficient (Wildman–Crippen LogP) is 10.0. The van der Waals surface area contributed by atoms with Crippen LogP contribution < -0.4 is 4.90 Å². The number of nitriles is 1. The van der Waals surface area contributed by atoms with Gasteiger partial charge < -0.3 is 33.3 Å². The molecule has 2 unspecified atom stereocenters. The summed E-state index contributed by atoms with van der Waals surface area (Å²) in [6.45, 7) is 17.9. The highest BCUT2D eigenvalue weighted by Crippen LogP contribution is 2.41. The van der Waals surface area contributed by atoms with Crippen molar-refractivity contribution in [2.45, 2.75) is 117 Å². The highest BCUT2D eigenvalue weighted by Gasteiger charge is 2.17. The largest absolute Gasteiger partial charge is 0.464 e. The molecule has 2 atom stereocenters. The lowest BCUT2D eigenvalue weighted by atomic mass is 10.1. The number of rotatable bonds is 35. The van der Waals surface area contributed by atoms with Crippen LogP contribution in [-0.4, -0.2) is 89.8 Å². The Hall–Kier alpha value is -5.42. The lowest BCUT2D eigenvalue weighted by Crippen LogP contribution is -2.31. The van der Waals surface area contributed by atoms with Crippen LogP contribution in [-0.2, 0) is 47.6 Å². The molecular formula is C46H63N5O10S. The second-order valence-electron chi connectivity index (χ2n) is 14.3. The molecule has 1 aromatic carbocycles. The molecule has 0 aliphatic rings. The van der Waals surface area contributed by atoms with Crippen molar-refractivity contribution in [1.82, 2.24) is 0 Å². The summed E-state index contributed by atoms with van der Waals surface area (Å²) in [6.07, 6.45) is 16.1. The topological polar surface area (TPSA) is 180 Å². The number of carbonyl (C=O) groups is 4. The molecule has 16 heteroatoms. The van der Waals surface area contributed by atoms with Gasteiger partial charge >= 0.3 is 11.9 Å². The van der Waals surface area contributed by atoms with E-state index in [4.69, 9.17) is 35.0 Å². The maximum absolute atomic E-state index is 12.4.